The molecule has 0 aliphatic carbocycles. The molecule has 0 saturated carbocycles. The Kier molecular flexibility index (Phi) is 5.75. The Morgan fingerprint density at radius 2 is 2.11 bits per heavy atom. The fourth-order valence-electron chi connectivity index (χ4n) is 1.89. The van der Waals surface area contributed by atoms with Crippen molar-refractivity contribution in [2.45, 2.75) is 40.2 Å². The lowest BCUT2D eigenvalue weighted by atomic mass is 10.3. The molecule has 19 heavy (non-hydrogen) atoms. The lowest BCUT2D eigenvalue weighted by molar-refractivity contribution is -0.384. The summed E-state index contributed by atoms with van der Waals surface area (Å²) < 4.78 is 1.68. The molecule has 1 aromatic heterocycles. The van der Waals surface area contributed by atoms with E-state index < -0.39 is 0 Å². The van der Waals surface area contributed by atoms with E-state index in [2.05, 4.69) is 22.7 Å². The summed E-state index contributed by atoms with van der Waals surface area (Å²) in [6.07, 6.45) is 0.910. The number of nitrogens with one attached hydrogen (secondary N) is 2. The Hall–Kier alpha value is -1.63. The minimum absolute atomic E-state index is 0.0807. The van der Waals surface area contributed by atoms with Crippen molar-refractivity contribution in [1.82, 2.24) is 15.1 Å². The summed E-state index contributed by atoms with van der Waals surface area (Å²) in [5, 5.41) is 21.7. The molecule has 0 unspecified atom stereocenters. The van der Waals surface area contributed by atoms with Crippen molar-refractivity contribution < 1.29 is 4.92 Å². The van der Waals surface area contributed by atoms with Gasteiger partial charge in [-0.1, -0.05) is 6.92 Å². The van der Waals surface area contributed by atoms with E-state index in [-0.39, 0.29) is 16.7 Å². The molecule has 0 atom stereocenters. The molecular formula is C12H23N5O2. The molecule has 0 fully saturated rings. The van der Waals surface area contributed by atoms with Crippen molar-refractivity contribution in [1.29, 1.82) is 0 Å². The molecule has 7 nitrogen and oxygen atoms in total. The molecule has 2 N–H and O–H groups in total. The van der Waals surface area contributed by atoms with E-state index in [0.29, 0.717) is 18.1 Å². The molecule has 0 bridgehead atoms. The minimum atomic E-state index is -0.367. The zero-order valence-corrected chi connectivity index (χ0v) is 12.1. The molecule has 0 aromatic carbocycles. The van der Waals surface area contributed by atoms with Gasteiger partial charge in [0.1, 0.15) is 5.69 Å². The lowest BCUT2D eigenvalue weighted by Crippen LogP contribution is -2.18. The Balaban J connectivity index is 2.81. The summed E-state index contributed by atoms with van der Waals surface area (Å²) in [6.45, 7) is 10.2. The monoisotopic (exact) mass is 269 g/mol. The van der Waals surface area contributed by atoms with Crippen LogP contribution in [0.25, 0.3) is 0 Å². The molecule has 0 aliphatic heterocycles. The van der Waals surface area contributed by atoms with Gasteiger partial charge in [0.2, 0.25) is 5.82 Å². The van der Waals surface area contributed by atoms with Crippen LogP contribution >= 0.6 is 0 Å². The van der Waals surface area contributed by atoms with E-state index in [9.17, 15) is 10.1 Å². The smallest absolute Gasteiger partial charge is 0.333 e. The van der Waals surface area contributed by atoms with Gasteiger partial charge in [0.05, 0.1) is 4.92 Å². The summed E-state index contributed by atoms with van der Waals surface area (Å²) >= 11 is 0. The van der Waals surface area contributed by atoms with Crippen LogP contribution in [0.2, 0.25) is 0 Å². The lowest BCUT2D eigenvalue weighted by Gasteiger charge is -2.11. The summed E-state index contributed by atoms with van der Waals surface area (Å²) in [7, 11) is 0. The quantitative estimate of drug-likeness (QED) is 0.429. The van der Waals surface area contributed by atoms with Crippen LogP contribution in [-0.2, 0) is 0 Å². The molecule has 1 rings (SSSR count). The van der Waals surface area contributed by atoms with E-state index in [0.717, 1.165) is 19.5 Å². The molecule has 1 heterocycles. The maximum atomic E-state index is 11.1. The van der Waals surface area contributed by atoms with Gasteiger partial charge in [-0.05, 0) is 40.3 Å². The normalized spacial score (nSPS) is 11.0. The van der Waals surface area contributed by atoms with E-state index in [1.807, 2.05) is 13.8 Å². The van der Waals surface area contributed by atoms with Gasteiger partial charge in [-0.2, -0.15) is 5.10 Å². The number of aromatic nitrogens is 2. The maximum Gasteiger partial charge on any atom is 0.333 e. The second-order valence-corrected chi connectivity index (χ2v) is 4.71. The number of aryl methyl sites for hydroxylation is 1. The first kappa shape index (κ1) is 15.4. The highest BCUT2D eigenvalue weighted by Gasteiger charge is 2.25. The van der Waals surface area contributed by atoms with Gasteiger partial charge in [-0.25, -0.2) is 4.68 Å². The third-order valence-electron chi connectivity index (χ3n) is 2.80. The average Bonchev–Trinajstić information content (AvgIpc) is 2.66. The van der Waals surface area contributed by atoms with Crippen LogP contribution in [-0.4, -0.2) is 34.3 Å². The molecule has 0 radical (unpaired) electrons. The molecule has 7 heteroatoms. The van der Waals surface area contributed by atoms with Gasteiger partial charge in [-0.3, -0.25) is 10.1 Å². The zero-order valence-electron chi connectivity index (χ0n) is 12.1. The predicted molar refractivity (Wildman–Crippen MR) is 75.7 cm³/mol. The summed E-state index contributed by atoms with van der Waals surface area (Å²) in [6, 6.07) is 0.0867. The van der Waals surface area contributed by atoms with Gasteiger partial charge in [0.15, 0.2) is 0 Å². The predicted octanol–water partition coefficient (Wildman–Crippen LogP) is 2.09. The van der Waals surface area contributed by atoms with Gasteiger partial charge in [0.25, 0.3) is 0 Å². The van der Waals surface area contributed by atoms with E-state index in [1.165, 1.54) is 0 Å². The van der Waals surface area contributed by atoms with Gasteiger partial charge < -0.3 is 10.6 Å². The highest BCUT2D eigenvalue weighted by atomic mass is 16.6. The minimum Gasteiger partial charge on any atom is -0.364 e. The number of nitro groups is 1. The number of nitrogens with zero attached hydrogens (tertiary/aromatic N) is 3. The molecule has 1 aromatic rings. The summed E-state index contributed by atoms with van der Waals surface area (Å²) in [5.74, 6) is 0.508. The van der Waals surface area contributed by atoms with Crippen LogP contribution in [0.3, 0.4) is 0 Å². The Bertz CT molecular complexity index is 428. The topological polar surface area (TPSA) is 85.0 Å². The first-order valence-electron chi connectivity index (χ1n) is 6.67. The maximum absolute atomic E-state index is 11.1. The van der Waals surface area contributed by atoms with E-state index in [1.54, 1.807) is 11.6 Å². The third-order valence-corrected chi connectivity index (χ3v) is 2.80. The number of hydrogen-bond acceptors (Lipinski definition) is 5. The number of rotatable bonds is 8. The molecule has 0 amide bonds. The van der Waals surface area contributed by atoms with Crippen LogP contribution in [0.4, 0.5) is 11.5 Å². The van der Waals surface area contributed by atoms with Crippen molar-refractivity contribution in [2.75, 3.05) is 25.0 Å². The van der Waals surface area contributed by atoms with E-state index in [4.69, 9.17) is 0 Å². The van der Waals surface area contributed by atoms with Gasteiger partial charge >= 0.3 is 5.69 Å². The average molecular weight is 269 g/mol. The largest absolute Gasteiger partial charge is 0.364 e. The Labute approximate surface area is 113 Å². The van der Waals surface area contributed by atoms with Crippen molar-refractivity contribution in [3.63, 3.8) is 0 Å². The first-order chi connectivity index (χ1) is 8.99. The Morgan fingerprint density at radius 3 is 2.63 bits per heavy atom. The SMILES string of the molecule is CCNCCCNc1c([N+](=O)[O-])c(C)nn1C(C)C. The summed E-state index contributed by atoms with van der Waals surface area (Å²) in [5.41, 5.74) is 0.532. The number of anilines is 1. The molecule has 0 saturated heterocycles. The van der Waals surface area contributed by atoms with Crippen molar-refractivity contribution in [2.24, 2.45) is 0 Å². The highest BCUT2D eigenvalue weighted by Crippen LogP contribution is 2.30. The van der Waals surface area contributed by atoms with Gasteiger partial charge in [-0.15, -0.1) is 0 Å². The number of hydrogen-bond donors (Lipinski definition) is 2. The zero-order chi connectivity index (χ0) is 14.4. The van der Waals surface area contributed by atoms with Crippen LogP contribution in [0.15, 0.2) is 0 Å². The second kappa shape index (κ2) is 7.08. The fraction of sp³-hybridized carbons (Fsp3) is 0.750. The molecule has 108 valence electrons. The highest BCUT2D eigenvalue weighted by molar-refractivity contribution is 5.59. The van der Waals surface area contributed by atoms with Crippen LogP contribution < -0.4 is 10.6 Å². The Morgan fingerprint density at radius 1 is 1.42 bits per heavy atom. The second-order valence-electron chi connectivity index (χ2n) is 4.71. The fourth-order valence-corrected chi connectivity index (χ4v) is 1.89. The molecule has 0 spiro atoms. The van der Waals surface area contributed by atoms with Crippen LogP contribution in [0.1, 0.15) is 38.9 Å². The molecular weight excluding hydrogens is 246 g/mol. The van der Waals surface area contributed by atoms with Crippen LogP contribution in [0.5, 0.6) is 0 Å². The van der Waals surface area contributed by atoms with Crippen molar-refractivity contribution >= 4 is 11.5 Å². The van der Waals surface area contributed by atoms with E-state index >= 15 is 0 Å². The summed E-state index contributed by atoms with van der Waals surface area (Å²) in [4.78, 5) is 10.7. The molecule has 0 aliphatic rings. The standard InChI is InChI=1S/C12H23N5O2/c1-5-13-7-6-8-14-12-11(17(18)19)10(4)15-16(12)9(2)3/h9,13-14H,5-8H2,1-4H3. The van der Waals surface area contributed by atoms with Crippen molar-refractivity contribution in [3.8, 4) is 0 Å². The first-order valence-corrected chi connectivity index (χ1v) is 6.67. The van der Waals surface area contributed by atoms with Crippen molar-refractivity contribution in [3.05, 3.63) is 15.8 Å². The van der Waals surface area contributed by atoms with Crippen LogP contribution in [0, 0.1) is 17.0 Å². The third kappa shape index (κ3) is 3.92. The van der Waals surface area contributed by atoms with Gasteiger partial charge in [0, 0.05) is 12.6 Å².